The van der Waals surface area contributed by atoms with Crippen LogP contribution in [-0.2, 0) is 4.57 Å². The number of hydrogen-bond acceptors (Lipinski definition) is 2. The fourth-order valence-corrected chi connectivity index (χ4v) is 6.59. The molecular formula is C26H23ClNOP. The Kier molecular flexibility index (Phi) is 6.38. The lowest BCUT2D eigenvalue weighted by molar-refractivity contribution is 0.584. The number of nitrogens with one attached hydrogen (secondary N) is 1. The first kappa shape index (κ1) is 20.5. The highest BCUT2D eigenvalue weighted by atomic mass is 35.5. The second-order valence-corrected chi connectivity index (χ2v) is 10.5. The maximum Gasteiger partial charge on any atom is 0.145 e. The molecule has 0 aliphatic heterocycles. The molecule has 30 heavy (non-hydrogen) atoms. The molecule has 0 bridgehead atoms. The van der Waals surface area contributed by atoms with Gasteiger partial charge in [0.1, 0.15) is 7.14 Å². The van der Waals surface area contributed by atoms with Gasteiger partial charge >= 0.3 is 0 Å². The summed E-state index contributed by atoms with van der Waals surface area (Å²) in [5.41, 5.74) is 2.04. The normalized spacial score (nSPS) is 12.3. The van der Waals surface area contributed by atoms with Gasteiger partial charge in [-0.25, -0.2) is 0 Å². The molecule has 4 heteroatoms. The topological polar surface area (TPSA) is 29.1 Å². The Morgan fingerprint density at radius 1 is 0.667 bits per heavy atom. The van der Waals surface area contributed by atoms with Crippen LogP contribution >= 0.6 is 18.7 Å². The fraction of sp³-hybridized carbons (Fsp3) is 0.0769. The third kappa shape index (κ3) is 4.67. The van der Waals surface area contributed by atoms with Crippen LogP contribution in [0.25, 0.3) is 0 Å². The Balaban J connectivity index is 1.77. The molecule has 0 radical (unpaired) electrons. The van der Waals surface area contributed by atoms with E-state index in [0.717, 1.165) is 21.9 Å². The lowest BCUT2D eigenvalue weighted by atomic mass is 10.1. The van der Waals surface area contributed by atoms with Crippen LogP contribution in [0, 0.1) is 0 Å². The van der Waals surface area contributed by atoms with Crippen molar-refractivity contribution in [2.24, 2.45) is 0 Å². The van der Waals surface area contributed by atoms with Crippen molar-refractivity contribution in [1.29, 1.82) is 0 Å². The van der Waals surface area contributed by atoms with Gasteiger partial charge in [-0.3, -0.25) is 0 Å². The van der Waals surface area contributed by atoms with Crippen LogP contribution in [0.3, 0.4) is 0 Å². The first-order chi connectivity index (χ1) is 14.6. The second kappa shape index (κ2) is 9.34. The van der Waals surface area contributed by atoms with Crippen molar-refractivity contribution < 1.29 is 4.57 Å². The molecule has 0 saturated carbocycles. The monoisotopic (exact) mass is 431 g/mol. The molecule has 1 N–H and O–H groups in total. The molecule has 0 aliphatic carbocycles. The van der Waals surface area contributed by atoms with E-state index in [9.17, 15) is 4.57 Å². The summed E-state index contributed by atoms with van der Waals surface area (Å²) < 4.78 is 14.6. The van der Waals surface area contributed by atoms with Gasteiger partial charge in [0.05, 0.1) is 6.04 Å². The molecule has 1 unspecified atom stereocenters. The Labute approximate surface area is 182 Å². The molecule has 0 heterocycles. The number of rotatable bonds is 7. The van der Waals surface area contributed by atoms with Gasteiger partial charge in [-0.1, -0.05) is 103 Å². The van der Waals surface area contributed by atoms with Crippen molar-refractivity contribution in [2.45, 2.75) is 6.04 Å². The fourth-order valence-electron chi connectivity index (χ4n) is 3.62. The molecule has 0 saturated heterocycles. The minimum atomic E-state index is -2.88. The summed E-state index contributed by atoms with van der Waals surface area (Å²) in [5, 5.41) is 6.02. The summed E-state index contributed by atoms with van der Waals surface area (Å²) in [5.74, 6) is 0. The number of halogens is 1. The van der Waals surface area contributed by atoms with Gasteiger partial charge in [0, 0.05) is 27.5 Å². The van der Waals surface area contributed by atoms with E-state index < -0.39 is 7.14 Å². The van der Waals surface area contributed by atoms with E-state index in [-0.39, 0.29) is 6.04 Å². The van der Waals surface area contributed by atoms with Crippen molar-refractivity contribution in [3.05, 3.63) is 126 Å². The highest BCUT2D eigenvalue weighted by Gasteiger charge is 2.31. The molecule has 1 atom stereocenters. The van der Waals surface area contributed by atoms with Crippen molar-refractivity contribution >= 4 is 35.0 Å². The highest BCUT2D eigenvalue weighted by molar-refractivity contribution is 7.78. The van der Waals surface area contributed by atoms with Crippen LogP contribution in [0.4, 0.5) is 5.69 Å². The predicted octanol–water partition coefficient (Wildman–Crippen LogP) is 6.51. The van der Waals surface area contributed by atoms with E-state index in [2.05, 4.69) is 17.4 Å². The standard InChI is InChI=1S/C26H23ClNOP/c27-22-16-18-23(19-17-22)28-26(21-10-4-1-5-11-21)20-30(29,24-12-6-2-7-13-24)25-14-8-3-9-15-25/h1-19,26,28H,20H2. The maximum atomic E-state index is 14.6. The first-order valence-electron chi connectivity index (χ1n) is 9.92. The van der Waals surface area contributed by atoms with E-state index in [1.807, 2.05) is 103 Å². The Morgan fingerprint density at radius 2 is 1.13 bits per heavy atom. The molecule has 0 aliphatic rings. The van der Waals surface area contributed by atoms with E-state index in [4.69, 9.17) is 11.6 Å². The minimum absolute atomic E-state index is 0.126. The summed E-state index contributed by atoms with van der Waals surface area (Å²) in [6.07, 6.45) is 0.466. The number of hydrogen-bond donors (Lipinski definition) is 1. The van der Waals surface area contributed by atoms with E-state index in [0.29, 0.717) is 11.2 Å². The van der Waals surface area contributed by atoms with Crippen LogP contribution in [-0.4, -0.2) is 6.16 Å². The van der Waals surface area contributed by atoms with Crippen LogP contribution < -0.4 is 15.9 Å². The molecule has 150 valence electrons. The summed E-state index contributed by atoms with van der Waals surface area (Å²) >= 11 is 6.06. The molecule has 0 amide bonds. The highest BCUT2D eigenvalue weighted by Crippen LogP contribution is 2.47. The molecule has 4 aromatic rings. The van der Waals surface area contributed by atoms with Gasteiger partial charge in [-0.2, -0.15) is 0 Å². The van der Waals surface area contributed by atoms with E-state index >= 15 is 0 Å². The quantitative estimate of drug-likeness (QED) is 0.338. The zero-order valence-corrected chi connectivity index (χ0v) is 18.1. The van der Waals surface area contributed by atoms with Crippen LogP contribution in [0.5, 0.6) is 0 Å². The maximum absolute atomic E-state index is 14.6. The molecular weight excluding hydrogens is 409 g/mol. The number of anilines is 1. The van der Waals surface area contributed by atoms with Crippen LogP contribution in [0.1, 0.15) is 11.6 Å². The van der Waals surface area contributed by atoms with Gasteiger partial charge in [0.2, 0.25) is 0 Å². The van der Waals surface area contributed by atoms with Gasteiger partial charge in [-0.15, -0.1) is 0 Å². The predicted molar refractivity (Wildman–Crippen MR) is 129 cm³/mol. The summed E-state index contributed by atoms with van der Waals surface area (Å²) in [6.45, 7) is 0. The average molecular weight is 432 g/mol. The molecule has 4 aromatic carbocycles. The lowest BCUT2D eigenvalue weighted by Crippen LogP contribution is -2.25. The number of benzene rings is 4. The first-order valence-corrected chi connectivity index (χ1v) is 12.2. The van der Waals surface area contributed by atoms with E-state index in [1.165, 1.54) is 0 Å². The van der Waals surface area contributed by atoms with Gasteiger partial charge in [-0.05, 0) is 29.8 Å². The zero-order valence-electron chi connectivity index (χ0n) is 16.5. The summed E-state index contributed by atoms with van der Waals surface area (Å²) in [4.78, 5) is 0. The van der Waals surface area contributed by atoms with E-state index in [1.54, 1.807) is 0 Å². The SMILES string of the molecule is O=P(CC(Nc1ccc(Cl)cc1)c1ccccc1)(c1ccccc1)c1ccccc1. The molecule has 0 aromatic heterocycles. The van der Waals surface area contributed by atoms with Gasteiger partial charge in [0.15, 0.2) is 0 Å². The molecule has 2 nitrogen and oxygen atoms in total. The van der Waals surface area contributed by atoms with Crippen molar-refractivity contribution in [3.63, 3.8) is 0 Å². The van der Waals surface area contributed by atoms with Crippen LogP contribution in [0.2, 0.25) is 5.02 Å². The van der Waals surface area contributed by atoms with Crippen molar-refractivity contribution in [3.8, 4) is 0 Å². The zero-order chi connectivity index (χ0) is 20.8. The molecule has 4 rings (SSSR count). The Hall–Kier alpha value is -2.80. The smallest absolute Gasteiger partial charge is 0.145 e. The largest absolute Gasteiger partial charge is 0.378 e. The lowest BCUT2D eigenvalue weighted by Gasteiger charge is -2.27. The summed E-state index contributed by atoms with van der Waals surface area (Å²) in [7, 11) is -2.88. The molecule has 0 fully saturated rings. The third-order valence-electron chi connectivity index (χ3n) is 5.17. The van der Waals surface area contributed by atoms with Gasteiger partial charge in [0.25, 0.3) is 0 Å². The average Bonchev–Trinajstić information content (AvgIpc) is 2.82. The minimum Gasteiger partial charge on any atom is -0.378 e. The van der Waals surface area contributed by atoms with Crippen molar-refractivity contribution in [1.82, 2.24) is 0 Å². The third-order valence-corrected chi connectivity index (χ3v) is 8.57. The van der Waals surface area contributed by atoms with Crippen molar-refractivity contribution in [2.75, 3.05) is 11.5 Å². The van der Waals surface area contributed by atoms with Crippen LogP contribution in [0.15, 0.2) is 115 Å². The molecule has 0 spiro atoms. The Bertz CT molecular complexity index is 1070. The summed E-state index contributed by atoms with van der Waals surface area (Å²) in [6, 6.07) is 37.3. The second-order valence-electron chi connectivity index (χ2n) is 7.21. The Morgan fingerprint density at radius 3 is 1.63 bits per heavy atom. The van der Waals surface area contributed by atoms with Gasteiger partial charge < -0.3 is 9.88 Å².